The first-order valence-corrected chi connectivity index (χ1v) is 10.5. The van der Waals surface area contributed by atoms with E-state index in [9.17, 15) is 14.4 Å². The number of hydrogen-bond acceptors (Lipinski definition) is 5. The van der Waals surface area contributed by atoms with Crippen LogP contribution in [0.15, 0.2) is 35.3 Å². The Kier molecular flexibility index (Phi) is 4.24. The van der Waals surface area contributed by atoms with Gasteiger partial charge in [-0.2, -0.15) is 0 Å². The molecule has 3 aromatic rings. The lowest BCUT2D eigenvalue weighted by atomic mass is 9.99. The largest absolute Gasteiger partial charge is 0.338 e. The number of pyridine rings is 1. The number of nitrogens with zero attached hydrogens (tertiary/aromatic N) is 3. The summed E-state index contributed by atoms with van der Waals surface area (Å²) in [5.74, 6) is -0.420. The Morgan fingerprint density at radius 3 is 2.97 bits per heavy atom. The Morgan fingerprint density at radius 1 is 1.24 bits per heavy atom. The fourth-order valence-electron chi connectivity index (χ4n) is 4.10. The second-order valence-corrected chi connectivity index (χ2v) is 8.74. The Labute approximate surface area is 171 Å². The summed E-state index contributed by atoms with van der Waals surface area (Å²) in [6.07, 6.45) is 2.56. The molecule has 7 nitrogen and oxygen atoms in total. The van der Waals surface area contributed by atoms with Gasteiger partial charge in [0, 0.05) is 38.3 Å². The van der Waals surface area contributed by atoms with E-state index in [1.807, 2.05) is 19.1 Å². The maximum atomic E-state index is 13.1. The molecule has 4 heterocycles. The van der Waals surface area contributed by atoms with Crippen LogP contribution in [-0.2, 0) is 22.6 Å². The first kappa shape index (κ1) is 18.1. The average molecular weight is 408 g/mol. The quantitative estimate of drug-likeness (QED) is 0.705. The van der Waals surface area contributed by atoms with Crippen molar-refractivity contribution in [2.45, 2.75) is 26.3 Å². The zero-order chi connectivity index (χ0) is 20.1. The number of H-pyrrole nitrogens is 1. The van der Waals surface area contributed by atoms with Crippen LogP contribution in [0.2, 0.25) is 0 Å². The molecule has 0 saturated carbocycles. The van der Waals surface area contributed by atoms with Gasteiger partial charge in [0.05, 0.1) is 16.1 Å². The molecule has 1 saturated heterocycles. The normalized spacial score (nSPS) is 19.1. The number of nitrogens with one attached hydrogen (secondary N) is 1. The highest BCUT2D eigenvalue weighted by Gasteiger charge is 2.39. The average Bonchev–Trinajstić information content (AvgIpc) is 3.29. The molecule has 2 aliphatic heterocycles. The molecule has 2 aliphatic rings. The van der Waals surface area contributed by atoms with Crippen LogP contribution in [0, 0.1) is 12.8 Å². The molecule has 0 radical (unpaired) electrons. The summed E-state index contributed by atoms with van der Waals surface area (Å²) in [5.41, 5.74) is 3.87. The molecule has 2 amide bonds. The molecular formula is C21H20N4O3S. The molecular weight excluding hydrogens is 388 g/mol. The first-order valence-electron chi connectivity index (χ1n) is 9.65. The van der Waals surface area contributed by atoms with Crippen LogP contribution >= 0.6 is 11.3 Å². The molecule has 2 aromatic heterocycles. The highest BCUT2D eigenvalue weighted by molar-refractivity contribution is 7.22. The summed E-state index contributed by atoms with van der Waals surface area (Å²) in [6.45, 7) is 3.43. The molecule has 0 spiro atoms. The highest BCUT2D eigenvalue weighted by Crippen LogP contribution is 2.34. The number of amides is 2. The zero-order valence-corrected chi connectivity index (χ0v) is 16.8. The topological polar surface area (TPSA) is 86.4 Å². The van der Waals surface area contributed by atoms with Crippen molar-refractivity contribution in [2.75, 3.05) is 18.0 Å². The van der Waals surface area contributed by atoms with E-state index in [2.05, 4.69) is 16.0 Å². The van der Waals surface area contributed by atoms with E-state index < -0.39 is 0 Å². The predicted molar refractivity (Wildman–Crippen MR) is 111 cm³/mol. The number of aromatic nitrogens is 2. The lowest BCUT2D eigenvalue weighted by Crippen LogP contribution is -2.41. The third kappa shape index (κ3) is 3.23. The Morgan fingerprint density at radius 2 is 2.10 bits per heavy atom. The van der Waals surface area contributed by atoms with Crippen molar-refractivity contribution in [1.82, 2.24) is 14.9 Å². The van der Waals surface area contributed by atoms with Gasteiger partial charge >= 0.3 is 0 Å². The van der Waals surface area contributed by atoms with Crippen LogP contribution in [0.5, 0.6) is 0 Å². The van der Waals surface area contributed by atoms with Crippen molar-refractivity contribution in [3.63, 3.8) is 0 Å². The fraction of sp³-hybridized carbons (Fsp3) is 0.333. The molecule has 1 N–H and O–H groups in total. The first-order chi connectivity index (χ1) is 14.0. The molecule has 0 bridgehead atoms. The minimum atomic E-state index is -0.361. The number of fused-ring (bicyclic) bond motifs is 2. The van der Waals surface area contributed by atoms with Gasteiger partial charge in [0.2, 0.25) is 17.4 Å². The number of thiazole rings is 1. The second kappa shape index (κ2) is 6.81. The lowest BCUT2D eigenvalue weighted by molar-refractivity contribution is -0.136. The molecule has 29 heavy (non-hydrogen) atoms. The van der Waals surface area contributed by atoms with E-state index >= 15 is 0 Å². The third-order valence-electron chi connectivity index (χ3n) is 5.67. The van der Waals surface area contributed by atoms with E-state index in [1.54, 1.807) is 22.1 Å². The van der Waals surface area contributed by atoms with E-state index in [4.69, 9.17) is 0 Å². The number of aryl methyl sites for hydroxylation is 1. The van der Waals surface area contributed by atoms with Gasteiger partial charge in [-0.15, -0.1) is 0 Å². The van der Waals surface area contributed by atoms with Gasteiger partial charge in [0.15, 0.2) is 5.13 Å². The molecule has 0 aliphatic carbocycles. The second-order valence-electron chi connectivity index (χ2n) is 7.73. The van der Waals surface area contributed by atoms with Crippen molar-refractivity contribution in [3.05, 3.63) is 57.5 Å². The minimum absolute atomic E-state index is 0.00495. The fourth-order valence-corrected chi connectivity index (χ4v) is 5.19. The van der Waals surface area contributed by atoms with Crippen LogP contribution in [0.3, 0.4) is 0 Å². The van der Waals surface area contributed by atoms with Crippen LogP contribution in [-0.4, -0.2) is 39.8 Å². The van der Waals surface area contributed by atoms with Gasteiger partial charge in [-0.25, -0.2) is 4.98 Å². The van der Waals surface area contributed by atoms with E-state index in [-0.39, 0.29) is 29.7 Å². The molecule has 1 fully saturated rings. The summed E-state index contributed by atoms with van der Waals surface area (Å²) in [7, 11) is 0. The Balaban J connectivity index is 1.33. The lowest BCUT2D eigenvalue weighted by Gasteiger charge is -2.30. The predicted octanol–water partition coefficient (Wildman–Crippen LogP) is 2.23. The van der Waals surface area contributed by atoms with Crippen molar-refractivity contribution < 1.29 is 9.59 Å². The number of benzene rings is 1. The van der Waals surface area contributed by atoms with Gasteiger partial charge in [-0.3, -0.25) is 19.3 Å². The van der Waals surface area contributed by atoms with Crippen molar-refractivity contribution in [2.24, 2.45) is 5.92 Å². The van der Waals surface area contributed by atoms with Crippen LogP contribution < -0.4 is 10.5 Å². The molecule has 5 rings (SSSR count). The maximum Gasteiger partial charge on any atom is 0.248 e. The van der Waals surface area contributed by atoms with Gasteiger partial charge in [0.1, 0.15) is 0 Å². The standard InChI is InChI=1S/C21H20N4O3S/c1-12-2-3-16-17(6-12)29-21(23-16)25-11-14(8-19(25)27)20(28)24-5-4-13-7-18(26)22-9-15(13)10-24/h2-3,6-7,9,14H,4-5,8,10-11H2,1H3,(H,22,26). The molecule has 148 valence electrons. The van der Waals surface area contributed by atoms with Crippen molar-refractivity contribution >= 4 is 38.5 Å². The maximum absolute atomic E-state index is 13.1. The van der Waals surface area contributed by atoms with Gasteiger partial charge < -0.3 is 9.88 Å². The molecule has 8 heteroatoms. The van der Waals surface area contributed by atoms with E-state index in [0.29, 0.717) is 31.2 Å². The van der Waals surface area contributed by atoms with Crippen LogP contribution in [0.4, 0.5) is 5.13 Å². The van der Waals surface area contributed by atoms with Crippen LogP contribution in [0.25, 0.3) is 10.2 Å². The van der Waals surface area contributed by atoms with Gasteiger partial charge in [-0.05, 0) is 42.2 Å². The van der Waals surface area contributed by atoms with E-state index in [1.165, 1.54) is 11.3 Å². The summed E-state index contributed by atoms with van der Waals surface area (Å²) in [5, 5.41) is 0.660. The zero-order valence-electron chi connectivity index (χ0n) is 16.0. The van der Waals surface area contributed by atoms with Crippen LogP contribution in [0.1, 0.15) is 23.1 Å². The molecule has 1 atom stereocenters. The summed E-state index contributed by atoms with van der Waals surface area (Å²) in [6, 6.07) is 7.64. The molecule has 1 aromatic carbocycles. The summed E-state index contributed by atoms with van der Waals surface area (Å²) in [4.78, 5) is 47.9. The highest BCUT2D eigenvalue weighted by atomic mass is 32.1. The number of carbonyl (C=O) groups excluding carboxylic acids is 2. The Bertz CT molecular complexity index is 1200. The third-order valence-corrected chi connectivity index (χ3v) is 6.71. The monoisotopic (exact) mass is 408 g/mol. The van der Waals surface area contributed by atoms with Gasteiger partial charge in [-0.1, -0.05) is 17.4 Å². The minimum Gasteiger partial charge on any atom is -0.338 e. The number of anilines is 1. The Hall–Kier alpha value is -3.00. The van der Waals surface area contributed by atoms with Crippen molar-refractivity contribution in [3.8, 4) is 0 Å². The number of carbonyl (C=O) groups is 2. The van der Waals surface area contributed by atoms with Crippen molar-refractivity contribution in [1.29, 1.82) is 0 Å². The summed E-state index contributed by atoms with van der Waals surface area (Å²) < 4.78 is 1.05. The van der Waals surface area contributed by atoms with Gasteiger partial charge in [0.25, 0.3) is 0 Å². The number of rotatable bonds is 2. The molecule has 1 unspecified atom stereocenters. The summed E-state index contributed by atoms with van der Waals surface area (Å²) >= 11 is 1.49. The smallest absolute Gasteiger partial charge is 0.248 e. The number of hydrogen-bond donors (Lipinski definition) is 1. The SMILES string of the molecule is Cc1ccc2nc(N3CC(C(=O)N4CCc5cc(=O)[nH]cc5C4)CC3=O)sc2c1. The van der Waals surface area contributed by atoms with E-state index in [0.717, 1.165) is 26.9 Å². The number of aromatic amines is 1.